The first kappa shape index (κ1) is 18.5. The first-order valence-electron chi connectivity index (χ1n) is 7.89. The van der Waals surface area contributed by atoms with Crippen LogP contribution in [0.3, 0.4) is 0 Å². The summed E-state index contributed by atoms with van der Waals surface area (Å²) in [6.45, 7) is 6.81. The molecule has 1 aromatic heterocycles. The summed E-state index contributed by atoms with van der Waals surface area (Å²) in [6.07, 6.45) is -1.12. The van der Waals surface area contributed by atoms with Gasteiger partial charge in [-0.25, -0.2) is 4.79 Å². The fourth-order valence-corrected chi connectivity index (χ4v) is 2.46. The Morgan fingerprint density at radius 1 is 1.24 bits per heavy atom. The van der Waals surface area contributed by atoms with Gasteiger partial charge in [-0.15, -0.1) is 0 Å². The van der Waals surface area contributed by atoms with E-state index in [9.17, 15) is 19.5 Å². The van der Waals surface area contributed by atoms with E-state index in [1.807, 2.05) is 6.92 Å². The number of ether oxygens (including phenoxy) is 1. The summed E-state index contributed by atoms with van der Waals surface area (Å²) in [5.74, 6) is -1.25. The van der Waals surface area contributed by atoms with Gasteiger partial charge in [-0.1, -0.05) is 0 Å². The fraction of sp³-hybridized carbons (Fsp3) is 0.389. The SMILES string of the molecule is Cc1cc(O[C@H](C)C(=O)NCCC(=O)[O-])c2c(C)c(C)c(=O)oc2c1. The number of amides is 1. The monoisotopic (exact) mass is 346 g/mol. The highest BCUT2D eigenvalue weighted by molar-refractivity contribution is 5.89. The second-order valence-electron chi connectivity index (χ2n) is 5.95. The molecule has 1 amide bonds. The molecule has 0 fully saturated rings. The summed E-state index contributed by atoms with van der Waals surface area (Å²) in [5, 5.41) is 13.5. The topological polar surface area (TPSA) is 109 Å². The Morgan fingerprint density at radius 2 is 1.92 bits per heavy atom. The molecule has 7 heteroatoms. The maximum atomic E-state index is 12.0. The Bertz CT molecular complexity index is 883. The Labute approximate surface area is 144 Å². The largest absolute Gasteiger partial charge is 0.550 e. The third kappa shape index (κ3) is 4.17. The van der Waals surface area contributed by atoms with Crippen LogP contribution < -0.4 is 20.8 Å². The minimum atomic E-state index is -1.24. The van der Waals surface area contributed by atoms with E-state index in [0.29, 0.717) is 22.3 Å². The molecule has 1 aromatic carbocycles. The minimum absolute atomic E-state index is 0.0313. The van der Waals surface area contributed by atoms with Crippen molar-refractivity contribution in [3.8, 4) is 5.75 Å². The van der Waals surface area contributed by atoms with Crippen LogP contribution in [-0.2, 0) is 9.59 Å². The van der Waals surface area contributed by atoms with Gasteiger partial charge in [-0.3, -0.25) is 4.79 Å². The summed E-state index contributed by atoms with van der Waals surface area (Å²) in [4.78, 5) is 34.3. The van der Waals surface area contributed by atoms with Crippen molar-refractivity contribution < 1.29 is 23.8 Å². The number of benzene rings is 1. The molecule has 0 spiro atoms. The van der Waals surface area contributed by atoms with E-state index in [1.165, 1.54) is 0 Å². The number of aryl methyl sites for hydroxylation is 2. The van der Waals surface area contributed by atoms with Gasteiger partial charge < -0.3 is 24.4 Å². The van der Waals surface area contributed by atoms with Crippen LogP contribution in [0.1, 0.15) is 30.0 Å². The lowest BCUT2D eigenvalue weighted by atomic mass is 10.0. The number of rotatable bonds is 6. The first-order chi connectivity index (χ1) is 11.7. The van der Waals surface area contributed by atoms with Gasteiger partial charge in [0.1, 0.15) is 11.3 Å². The number of aliphatic carboxylic acids is 1. The predicted molar refractivity (Wildman–Crippen MR) is 89.4 cm³/mol. The molecular weight excluding hydrogens is 326 g/mol. The quantitative estimate of drug-likeness (QED) is 0.773. The van der Waals surface area contributed by atoms with Crippen molar-refractivity contribution in [1.82, 2.24) is 5.32 Å². The van der Waals surface area contributed by atoms with Crippen molar-refractivity contribution in [3.05, 3.63) is 39.2 Å². The zero-order chi connectivity index (χ0) is 18.7. The molecule has 25 heavy (non-hydrogen) atoms. The summed E-state index contributed by atoms with van der Waals surface area (Å²) in [5.41, 5.74) is 2.01. The Kier molecular flexibility index (Phi) is 5.46. The van der Waals surface area contributed by atoms with Gasteiger partial charge >= 0.3 is 5.63 Å². The van der Waals surface area contributed by atoms with Crippen LogP contribution in [0.25, 0.3) is 11.0 Å². The molecule has 134 valence electrons. The van der Waals surface area contributed by atoms with Crippen LogP contribution in [0.4, 0.5) is 0 Å². The highest BCUT2D eigenvalue weighted by atomic mass is 16.5. The fourth-order valence-electron chi connectivity index (χ4n) is 2.46. The van der Waals surface area contributed by atoms with Crippen molar-refractivity contribution in [2.75, 3.05) is 6.54 Å². The molecule has 1 heterocycles. The molecule has 0 saturated heterocycles. The second-order valence-corrected chi connectivity index (χ2v) is 5.95. The lowest BCUT2D eigenvalue weighted by molar-refractivity contribution is -0.305. The third-order valence-corrected chi connectivity index (χ3v) is 3.96. The minimum Gasteiger partial charge on any atom is -0.550 e. The van der Waals surface area contributed by atoms with Crippen molar-refractivity contribution in [2.45, 2.75) is 40.2 Å². The molecule has 0 aliphatic heterocycles. The van der Waals surface area contributed by atoms with E-state index in [2.05, 4.69) is 5.32 Å². The van der Waals surface area contributed by atoms with Crippen molar-refractivity contribution in [3.63, 3.8) is 0 Å². The third-order valence-electron chi connectivity index (χ3n) is 3.96. The van der Waals surface area contributed by atoms with E-state index in [4.69, 9.17) is 9.15 Å². The van der Waals surface area contributed by atoms with Crippen LogP contribution in [-0.4, -0.2) is 24.5 Å². The molecule has 0 bridgehead atoms. The molecule has 0 aliphatic carbocycles. The highest BCUT2D eigenvalue weighted by Gasteiger charge is 2.19. The van der Waals surface area contributed by atoms with Crippen LogP contribution in [0.2, 0.25) is 0 Å². The summed E-state index contributed by atoms with van der Waals surface area (Å²) < 4.78 is 11.1. The van der Waals surface area contributed by atoms with Gasteiger partial charge in [0.05, 0.1) is 5.39 Å². The Hall–Kier alpha value is -2.83. The normalized spacial score (nSPS) is 12.0. The Balaban J connectivity index is 2.31. The number of carboxylic acids is 1. The van der Waals surface area contributed by atoms with Gasteiger partial charge in [-0.2, -0.15) is 0 Å². The van der Waals surface area contributed by atoms with E-state index in [0.717, 1.165) is 11.1 Å². The van der Waals surface area contributed by atoms with E-state index < -0.39 is 23.6 Å². The lowest BCUT2D eigenvalue weighted by Crippen LogP contribution is -2.38. The number of carboxylic acid groups (broad SMARTS) is 1. The zero-order valence-corrected chi connectivity index (χ0v) is 14.6. The highest BCUT2D eigenvalue weighted by Crippen LogP contribution is 2.31. The molecule has 1 N–H and O–H groups in total. The lowest BCUT2D eigenvalue weighted by Gasteiger charge is -2.18. The average Bonchev–Trinajstić information content (AvgIpc) is 2.51. The number of fused-ring (bicyclic) bond motifs is 1. The average molecular weight is 346 g/mol. The van der Waals surface area contributed by atoms with Gasteiger partial charge in [0.2, 0.25) is 0 Å². The van der Waals surface area contributed by atoms with Gasteiger partial charge in [0, 0.05) is 24.5 Å². The standard InChI is InChI=1S/C18H21NO6/c1-9-7-13(24-12(4)17(22)19-6-5-15(20)21)16-10(2)11(3)18(23)25-14(16)8-9/h7-8,12H,5-6H2,1-4H3,(H,19,22)(H,20,21)/p-1/t12-/m1/s1. The molecule has 2 rings (SSSR count). The number of carbonyl (C=O) groups is 2. The van der Waals surface area contributed by atoms with E-state index >= 15 is 0 Å². The number of hydrogen-bond donors (Lipinski definition) is 1. The summed E-state index contributed by atoms with van der Waals surface area (Å²) >= 11 is 0. The van der Waals surface area contributed by atoms with Gasteiger partial charge in [0.15, 0.2) is 6.10 Å². The number of nitrogens with one attached hydrogen (secondary N) is 1. The van der Waals surface area contributed by atoms with Gasteiger partial charge in [0.25, 0.3) is 5.91 Å². The molecule has 0 radical (unpaired) electrons. The zero-order valence-electron chi connectivity index (χ0n) is 14.6. The van der Waals surface area contributed by atoms with Crippen molar-refractivity contribution in [2.24, 2.45) is 0 Å². The van der Waals surface area contributed by atoms with Crippen LogP contribution in [0.5, 0.6) is 5.75 Å². The number of carbonyl (C=O) groups excluding carboxylic acids is 2. The molecule has 0 aliphatic rings. The second kappa shape index (κ2) is 7.38. The van der Waals surface area contributed by atoms with Crippen LogP contribution in [0, 0.1) is 20.8 Å². The molecule has 0 saturated carbocycles. The maximum absolute atomic E-state index is 12.0. The maximum Gasteiger partial charge on any atom is 0.339 e. The first-order valence-corrected chi connectivity index (χ1v) is 7.89. The summed E-state index contributed by atoms with van der Waals surface area (Å²) in [7, 11) is 0. The molecule has 7 nitrogen and oxygen atoms in total. The van der Waals surface area contributed by atoms with Gasteiger partial charge in [-0.05, 0) is 51.0 Å². The molecule has 2 aromatic rings. The molecule has 0 unspecified atom stereocenters. The van der Waals surface area contributed by atoms with Crippen LogP contribution in [0.15, 0.2) is 21.3 Å². The number of hydrogen-bond acceptors (Lipinski definition) is 6. The van der Waals surface area contributed by atoms with Crippen LogP contribution >= 0.6 is 0 Å². The Morgan fingerprint density at radius 3 is 2.56 bits per heavy atom. The van der Waals surface area contributed by atoms with Crippen molar-refractivity contribution >= 4 is 22.8 Å². The predicted octanol–water partition coefficient (Wildman–Crippen LogP) is 0.742. The smallest absolute Gasteiger partial charge is 0.339 e. The van der Waals surface area contributed by atoms with Crippen molar-refractivity contribution in [1.29, 1.82) is 0 Å². The molecule has 1 atom stereocenters. The van der Waals surface area contributed by atoms with E-state index in [-0.39, 0.29) is 13.0 Å². The summed E-state index contributed by atoms with van der Waals surface area (Å²) in [6, 6.07) is 3.50. The molecular formula is C18H20NO6-. The van der Waals surface area contributed by atoms with E-state index in [1.54, 1.807) is 32.9 Å².